The van der Waals surface area contributed by atoms with Crippen molar-refractivity contribution in [3.8, 4) is 0 Å². The topological polar surface area (TPSA) is 0 Å². The first-order valence-electron chi connectivity index (χ1n) is 9.85. The van der Waals surface area contributed by atoms with E-state index in [2.05, 4.69) is 95.2 Å². The van der Waals surface area contributed by atoms with Gasteiger partial charge in [-0.05, 0) is 39.4 Å². The zero-order valence-electron chi connectivity index (χ0n) is 19.2. The van der Waals surface area contributed by atoms with E-state index in [1.54, 1.807) is 11.1 Å². The van der Waals surface area contributed by atoms with Crippen LogP contribution in [0, 0.1) is 0 Å². The van der Waals surface area contributed by atoms with Crippen molar-refractivity contribution in [1.29, 1.82) is 0 Å². The fourth-order valence-corrected chi connectivity index (χ4v) is 11.4. The lowest BCUT2D eigenvalue weighted by atomic mass is 10.2. The molecule has 2 heteroatoms. The van der Waals surface area contributed by atoms with Crippen LogP contribution in [0.2, 0.25) is 0 Å². The zero-order valence-corrected chi connectivity index (χ0v) is 21.0. The van der Waals surface area contributed by atoms with E-state index in [1.165, 1.54) is 18.7 Å². The average molecular weight is 383 g/mol. The van der Waals surface area contributed by atoms with Crippen LogP contribution in [0.5, 0.6) is 0 Å². The van der Waals surface area contributed by atoms with Crippen LogP contribution < -0.4 is 0 Å². The van der Waals surface area contributed by atoms with Crippen LogP contribution in [-0.2, 0) is 0 Å². The van der Waals surface area contributed by atoms with E-state index in [0.29, 0.717) is 20.6 Å². The van der Waals surface area contributed by atoms with Gasteiger partial charge in [0.05, 0.1) is 0 Å². The summed E-state index contributed by atoms with van der Waals surface area (Å²) in [7, 11) is -0.0693. The van der Waals surface area contributed by atoms with Crippen LogP contribution >= 0.6 is 15.8 Å². The molecule has 146 valence electrons. The first-order chi connectivity index (χ1) is 10.9. The quantitative estimate of drug-likeness (QED) is 0.428. The molecule has 0 spiro atoms. The van der Waals surface area contributed by atoms with Gasteiger partial charge in [-0.15, -0.1) is 0 Å². The number of hydrogen-bond acceptors (Lipinski definition) is 0. The molecular formula is C23H44P2. The smallest absolute Gasteiger partial charge is 0.00951 e. The van der Waals surface area contributed by atoms with Gasteiger partial charge >= 0.3 is 0 Å². The SMILES string of the molecule is CC(C)(C)P(CC1=CC=C(CP(C(C)(C)C)C(C)(C)C)C1)C(C)(C)C. The van der Waals surface area contributed by atoms with Gasteiger partial charge in [0.15, 0.2) is 0 Å². The second-order valence-corrected chi connectivity index (χ2v) is 19.4. The van der Waals surface area contributed by atoms with Gasteiger partial charge in [0.2, 0.25) is 0 Å². The molecule has 0 aromatic rings. The highest BCUT2D eigenvalue weighted by atomic mass is 31.1. The van der Waals surface area contributed by atoms with E-state index in [1.807, 2.05) is 0 Å². The Morgan fingerprint density at radius 1 is 0.560 bits per heavy atom. The maximum Gasteiger partial charge on any atom is -0.00951 e. The Morgan fingerprint density at radius 3 is 1.00 bits per heavy atom. The third kappa shape index (κ3) is 7.11. The molecule has 0 aromatic carbocycles. The second-order valence-electron chi connectivity index (χ2n) is 11.7. The lowest BCUT2D eigenvalue weighted by Crippen LogP contribution is -2.27. The zero-order chi connectivity index (χ0) is 19.8. The molecule has 0 saturated heterocycles. The maximum atomic E-state index is 2.46. The summed E-state index contributed by atoms with van der Waals surface area (Å²) in [5.74, 6) is 0. The minimum atomic E-state index is -0.0346. The van der Waals surface area contributed by atoms with Gasteiger partial charge < -0.3 is 0 Å². The Labute approximate surface area is 161 Å². The van der Waals surface area contributed by atoms with E-state index in [0.717, 1.165) is 0 Å². The summed E-state index contributed by atoms with van der Waals surface area (Å²) < 4.78 is 0. The number of allylic oxidation sites excluding steroid dienone is 4. The normalized spacial score (nSPS) is 17.4. The highest BCUT2D eigenvalue weighted by molar-refractivity contribution is 7.61. The fraction of sp³-hybridized carbons (Fsp3) is 0.826. The Bertz CT molecular complexity index is 434. The highest BCUT2D eigenvalue weighted by Crippen LogP contribution is 2.62. The van der Waals surface area contributed by atoms with Gasteiger partial charge in [0.1, 0.15) is 0 Å². The van der Waals surface area contributed by atoms with Crippen LogP contribution in [0.25, 0.3) is 0 Å². The van der Waals surface area contributed by atoms with Gasteiger partial charge in [-0.3, -0.25) is 0 Å². The standard InChI is InChI=1S/C23H44P2/c1-20(2,3)24(21(4,5)6)16-18-13-14-19(15-18)17-25(22(7,8)9)23(10,11)12/h13-14H,15-17H2,1-12H3. The molecule has 0 atom stereocenters. The molecule has 0 nitrogen and oxygen atoms in total. The lowest BCUT2D eigenvalue weighted by Gasteiger charge is -2.43. The molecule has 0 fully saturated rings. The second kappa shape index (κ2) is 7.76. The van der Waals surface area contributed by atoms with Crippen molar-refractivity contribution in [3.05, 3.63) is 23.3 Å². The van der Waals surface area contributed by atoms with Crippen molar-refractivity contribution in [1.82, 2.24) is 0 Å². The minimum Gasteiger partial charge on any atom is -0.0915 e. The van der Waals surface area contributed by atoms with Crippen molar-refractivity contribution in [3.63, 3.8) is 0 Å². The molecule has 0 amide bonds. The van der Waals surface area contributed by atoms with E-state index in [9.17, 15) is 0 Å². The highest BCUT2D eigenvalue weighted by Gasteiger charge is 2.37. The van der Waals surface area contributed by atoms with Gasteiger partial charge in [-0.2, -0.15) is 0 Å². The third-order valence-corrected chi connectivity index (χ3v) is 12.9. The average Bonchev–Trinajstić information content (AvgIpc) is 2.75. The molecular weight excluding hydrogens is 338 g/mol. The van der Waals surface area contributed by atoms with Gasteiger partial charge in [0, 0.05) is 0 Å². The molecule has 0 aliphatic heterocycles. The van der Waals surface area contributed by atoms with E-state index >= 15 is 0 Å². The summed E-state index contributed by atoms with van der Waals surface area (Å²) in [4.78, 5) is 0. The Morgan fingerprint density at radius 2 is 0.800 bits per heavy atom. The third-order valence-electron chi connectivity index (χ3n) is 4.97. The summed E-state index contributed by atoms with van der Waals surface area (Å²) in [5.41, 5.74) is 3.37. The monoisotopic (exact) mass is 382 g/mol. The largest absolute Gasteiger partial charge is 0.0915 e. The Hall–Kier alpha value is 0.340. The first-order valence-corrected chi connectivity index (χ1v) is 12.9. The molecule has 25 heavy (non-hydrogen) atoms. The molecule has 0 bridgehead atoms. The molecule has 1 aliphatic carbocycles. The number of hydrogen-bond donors (Lipinski definition) is 0. The van der Waals surface area contributed by atoms with Crippen LogP contribution in [0.4, 0.5) is 0 Å². The van der Waals surface area contributed by atoms with Crippen molar-refractivity contribution in [2.24, 2.45) is 0 Å². The minimum absolute atomic E-state index is 0.0346. The van der Waals surface area contributed by atoms with Crippen molar-refractivity contribution in [2.75, 3.05) is 12.3 Å². The molecule has 0 unspecified atom stereocenters. The van der Waals surface area contributed by atoms with Crippen LogP contribution in [-0.4, -0.2) is 32.9 Å². The molecule has 1 aliphatic rings. The van der Waals surface area contributed by atoms with Gasteiger partial charge in [0.25, 0.3) is 0 Å². The fourth-order valence-electron chi connectivity index (χ4n) is 4.23. The summed E-state index contributed by atoms with van der Waals surface area (Å²) in [6.45, 7) is 29.2. The van der Waals surface area contributed by atoms with Gasteiger partial charge in [-0.25, -0.2) is 0 Å². The van der Waals surface area contributed by atoms with Crippen molar-refractivity contribution >= 4 is 15.8 Å². The molecule has 0 aromatic heterocycles. The first kappa shape index (κ1) is 23.4. The van der Waals surface area contributed by atoms with Crippen molar-refractivity contribution in [2.45, 2.75) is 110 Å². The molecule has 0 heterocycles. The summed E-state index contributed by atoms with van der Waals surface area (Å²) in [5, 5.41) is 1.67. The van der Waals surface area contributed by atoms with Crippen LogP contribution in [0.1, 0.15) is 89.5 Å². The predicted octanol–water partition coefficient (Wildman–Crippen LogP) is 8.40. The van der Waals surface area contributed by atoms with E-state index in [-0.39, 0.29) is 15.8 Å². The summed E-state index contributed by atoms with van der Waals surface area (Å²) in [6.07, 6.45) is 8.77. The molecule has 0 N–H and O–H groups in total. The molecule has 0 radical (unpaired) electrons. The van der Waals surface area contributed by atoms with Crippen LogP contribution in [0.3, 0.4) is 0 Å². The van der Waals surface area contributed by atoms with Crippen LogP contribution in [0.15, 0.2) is 23.3 Å². The predicted molar refractivity (Wildman–Crippen MR) is 123 cm³/mol. The Balaban J connectivity index is 2.80. The summed E-state index contributed by atoms with van der Waals surface area (Å²) >= 11 is 0. The lowest BCUT2D eigenvalue weighted by molar-refractivity contribution is 0.704. The Kier molecular flexibility index (Phi) is 7.26. The van der Waals surface area contributed by atoms with E-state index in [4.69, 9.17) is 0 Å². The molecule has 0 saturated carbocycles. The molecule has 1 rings (SSSR count). The number of rotatable bonds is 4. The summed E-state index contributed by atoms with van der Waals surface area (Å²) in [6, 6.07) is 0. The maximum absolute atomic E-state index is 2.46. The van der Waals surface area contributed by atoms with Crippen molar-refractivity contribution < 1.29 is 0 Å². The van der Waals surface area contributed by atoms with E-state index < -0.39 is 0 Å². The van der Waals surface area contributed by atoms with Gasteiger partial charge in [-0.1, -0.05) is 122 Å².